The Morgan fingerprint density at radius 1 is 1.00 bits per heavy atom. The van der Waals surface area contributed by atoms with Crippen LogP contribution in [0.3, 0.4) is 0 Å². The predicted molar refractivity (Wildman–Crippen MR) is 106 cm³/mol. The Labute approximate surface area is 165 Å². The number of ether oxygens (including phenoxy) is 2. The van der Waals surface area contributed by atoms with E-state index < -0.39 is 29.7 Å². The van der Waals surface area contributed by atoms with Crippen molar-refractivity contribution in [1.82, 2.24) is 9.13 Å². The third-order valence-corrected chi connectivity index (χ3v) is 4.42. The van der Waals surface area contributed by atoms with Gasteiger partial charge in [0.1, 0.15) is 17.1 Å². The Bertz CT molecular complexity index is 1230. The molecule has 0 spiro atoms. The molecule has 0 aliphatic rings. The van der Waals surface area contributed by atoms with Crippen LogP contribution in [0.1, 0.15) is 10.4 Å². The number of hydrogen-bond donors (Lipinski definition) is 1. The molecule has 0 saturated carbocycles. The Kier molecular flexibility index (Phi) is 5.49. The molecule has 1 heterocycles. The van der Waals surface area contributed by atoms with Crippen molar-refractivity contribution < 1.29 is 19.1 Å². The number of nitrogens with zero attached hydrogens (tertiary/aromatic N) is 2. The second-order valence-electron chi connectivity index (χ2n) is 6.29. The summed E-state index contributed by atoms with van der Waals surface area (Å²) >= 11 is 0. The molecule has 0 atom stereocenters. The molecule has 9 heteroatoms. The van der Waals surface area contributed by atoms with Gasteiger partial charge in [0.2, 0.25) is 0 Å². The zero-order chi connectivity index (χ0) is 21.1. The van der Waals surface area contributed by atoms with Crippen LogP contribution >= 0.6 is 0 Å². The fourth-order valence-corrected chi connectivity index (χ4v) is 2.79. The van der Waals surface area contributed by atoms with Crippen LogP contribution in [0.15, 0.2) is 52.1 Å². The van der Waals surface area contributed by atoms with Crippen molar-refractivity contribution in [3.8, 4) is 5.75 Å². The number of carbonyl (C=O) groups excluding carboxylic acids is 2. The fraction of sp³-hybridized carbons (Fsp3) is 0.200. The first-order valence-corrected chi connectivity index (χ1v) is 8.62. The van der Waals surface area contributed by atoms with Crippen LogP contribution in [0.2, 0.25) is 0 Å². The zero-order valence-corrected chi connectivity index (χ0v) is 16.1. The maximum absolute atomic E-state index is 12.5. The van der Waals surface area contributed by atoms with Gasteiger partial charge in [0.25, 0.3) is 11.5 Å². The van der Waals surface area contributed by atoms with Crippen molar-refractivity contribution >= 4 is 28.5 Å². The number of benzene rings is 2. The third-order valence-electron chi connectivity index (χ3n) is 4.42. The minimum atomic E-state index is -0.736. The molecule has 150 valence electrons. The first-order chi connectivity index (χ1) is 13.8. The molecule has 0 fully saturated rings. The van der Waals surface area contributed by atoms with Gasteiger partial charge in [-0.25, -0.2) is 9.59 Å². The average Bonchev–Trinajstić information content (AvgIpc) is 2.73. The average molecular weight is 397 g/mol. The number of hydrogen-bond acceptors (Lipinski definition) is 6. The number of esters is 1. The van der Waals surface area contributed by atoms with Crippen molar-refractivity contribution in [3.05, 3.63) is 68.9 Å². The predicted octanol–water partition coefficient (Wildman–Crippen LogP) is 1.04. The lowest BCUT2D eigenvalue weighted by Gasteiger charge is -2.12. The molecular weight excluding hydrogens is 378 g/mol. The van der Waals surface area contributed by atoms with Gasteiger partial charge in [0.05, 0.1) is 7.11 Å². The summed E-state index contributed by atoms with van der Waals surface area (Å²) in [5.74, 6) is -1.10. The normalized spacial score (nSPS) is 10.6. The van der Waals surface area contributed by atoms with Gasteiger partial charge in [-0.05, 0) is 22.9 Å². The number of amides is 1. The smallest absolute Gasteiger partial charge is 0.342 e. The van der Waals surface area contributed by atoms with E-state index in [1.165, 1.54) is 21.2 Å². The number of rotatable bonds is 5. The van der Waals surface area contributed by atoms with Gasteiger partial charge in [0, 0.05) is 20.2 Å². The van der Waals surface area contributed by atoms with Crippen LogP contribution in [0.4, 0.5) is 5.82 Å². The quantitative estimate of drug-likeness (QED) is 0.645. The number of aromatic nitrogens is 2. The minimum Gasteiger partial charge on any atom is -0.496 e. The van der Waals surface area contributed by atoms with Crippen LogP contribution in [0.5, 0.6) is 5.75 Å². The summed E-state index contributed by atoms with van der Waals surface area (Å²) < 4.78 is 12.3. The highest BCUT2D eigenvalue weighted by Gasteiger charge is 2.17. The van der Waals surface area contributed by atoms with E-state index in [1.807, 2.05) is 24.3 Å². The Morgan fingerprint density at radius 2 is 1.66 bits per heavy atom. The number of carbonyl (C=O) groups is 2. The third kappa shape index (κ3) is 4.03. The molecule has 0 aliphatic heterocycles. The minimum absolute atomic E-state index is 0.00225. The van der Waals surface area contributed by atoms with E-state index in [0.717, 1.165) is 26.0 Å². The molecule has 0 aliphatic carbocycles. The molecule has 29 heavy (non-hydrogen) atoms. The number of anilines is 1. The van der Waals surface area contributed by atoms with Crippen molar-refractivity contribution in [2.24, 2.45) is 14.1 Å². The number of fused-ring (bicyclic) bond motifs is 1. The van der Waals surface area contributed by atoms with E-state index in [0.29, 0.717) is 5.75 Å². The number of nitrogens with one attached hydrogen (secondary N) is 1. The van der Waals surface area contributed by atoms with E-state index in [1.54, 1.807) is 12.1 Å². The van der Waals surface area contributed by atoms with Crippen molar-refractivity contribution in [2.75, 3.05) is 19.0 Å². The maximum atomic E-state index is 12.5. The summed E-state index contributed by atoms with van der Waals surface area (Å²) in [6.45, 7) is -0.599. The standard InChI is InChI=1S/C20H19N3O6/c1-22-16(10-18(25)23(2)20(22)27)21-17(24)11-29-19(26)14-8-12-6-4-5-7-13(12)9-15(14)28-3/h4-10H,11H2,1-3H3,(H,21,24). The van der Waals surface area contributed by atoms with Gasteiger partial charge < -0.3 is 14.8 Å². The molecule has 1 N–H and O–H groups in total. The van der Waals surface area contributed by atoms with Crippen LogP contribution in [-0.4, -0.2) is 34.7 Å². The monoisotopic (exact) mass is 397 g/mol. The second kappa shape index (κ2) is 8.01. The molecule has 2 aromatic carbocycles. The molecule has 0 unspecified atom stereocenters. The molecule has 0 bridgehead atoms. The molecule has 0 saturated heterocycles. The largest absolute Gasteiger partial charge is 0.496 e. The van der Waals surface area contributed by atoms with Crippen LogP contribution in [0.25, 0.3) is 10.8 Å². The fourth-order valence-electron chi connectivity index (χ4n) is 2.79. The van der Waals surface area contributed by atoms with Crippen LogP contribution < -0.4 is 21.3 Å². The van der Waals surface area contributed by atoms with Gasteiger partial charge in [-0.3, -0.25) is 18.7 Å². The summed E-state index contributed by atoms with van der Waals surface area (Å²) in [7, 11) is 4.17. The SMILES string of the molecule is COc1cc2ccccc2cc1C(=O)OCC(=O)Nc1cc(=O)n(C)c(=O)n1C. The molecule has 3 rings (SSSR count). The van der Waals surface area contributed by atoms with E-state index in [2.05, 4.69) is 5.32 Å². The first kappa shape index (κ1) is 19.9. The number of methoxy groups -OCH3 is 1. The molecule has 0 radical (unpaired) electrons. The van der Waals surface area contributed by atoms with Gasteiger partial charge in [0.15, 0.2) is 6.61 Å². The first-order valence-electron chi connectivity index (χ1n) is 8.62. The van der Waals surface area contributed by atoms with E-state index in [4.69, 9.17) is 9.47 Å². The summed E-state index contributed by atoms with van der Waals surface area (Å²) in [6, 6.07) is 11.9. The zero-order valence-electron chi connectivity index (χ0n) is 16.1. The van der Waals surface area contributed by atoms with Crippen molar-refractivity contribution in [1.29, 1.82) is 0 Å². The highest BCUT2D eigenvalue weighted by molar-refractivity contribution is 6.00. The summed E-state index contributed by atoms with van der Waals surface area (Å²) in [6.07, 6.45) is 0. The maximum Gasteiger partial charge on any atom is 0.342 e. The second-order valence-corrected chi connectivity index (χ2v) is 6.29. The van der Waals surface area contributed by atoms with Crippen molar-refractivity contribution in [2.45, 2.75) is 0 Å². The Balaban J connectivity index is 1.74. The highest BCUT2D eigenvalue weighted by Crippen LogP contribution is 2.26. The summed E-state index contributed by atoms with van der Waals surface area (Å²) in [4.78, 5) is 48.2. The topological polar surface area (TPSA) is 109 Å². The van der Waals surface area contributed by atoms with Gasteiger partial charge in [-0.15, -0.1) is 0 Å². The Morgan fingerprint density at radius 3 is 2.31 bits per heavy atom. The molecule has 9 nitrogen and oxygen atoms in total. The van der Waals surface area contributed by atoms with Crippen molar-refractivity contribution in [3.63, 3.8) is 0 Å². The molecule has 1 aromatic heterocycles. The van der Waals surface area contributed by atoms with E-state index >= 15 is 0 Å². The van der Waals surface area contributed by atoms with E-state index in [-0.39, 0.29) is 11.4 Å². The lowest BCUT2D eigenvalue weighted by Crippen LogP contribution is -2.38. The lowest BCUT2D eigenvalue weighted by molar-refractivity contribution is -0.119. The molecular formula is C20H19N3O6. The van der Waals surface area contributed by atoms with Crippen LogP contribution in [0, 0.1) is 0 Å². The van der Waals surface area contributed by atoms with Gasteiger partial charge in [-0.2, -0.15) is 0 Å². The molecule has 1 amide bonds. The highest BCUT2D eigenvalue weighted by atomic mass is 16.5. The van der Waals surface area contributed by atoms with Gasteiger partial charge >= 0.3 is 11.7 Å². The molecule has 3 aromatic rings. The van der Waals surface area contributed by atoms with Crippen LogP contribution in [-0.2, 0) is 23.6 Å². The lowest BCUT2D eigenvalue weighted by atomic mass is 10.1. The summed E-state index contributed by atoms with van der Waals surface area (Å²) in [5.41, 5.74) is -0.980. The Hall–Kier alpha value is -3.88. The van der Waals surface area contributed by atoms with Gasteiger partial charge in [-0.1, -0.05) is 24.3 Å². The summed E-state index contributed by atoms with van der Waals surface area (Å²) in [5, 5.41) is 4.10. The van der Waals surface area contributed by atoms with E-state index in [9.17, 15) is 19.2 Å².